The number of aliphatic hydroxyl groups is 1. The molecule has 4 rings (SSSR count). The summed E-state index contributed by atoms with van der Waals surface area (Å²) in [4.78, 5) is 0. The maximum absolute atomic E-state index is 10.7. The summed E-state index contributed by atoms with van der Waals surface area (Å²) in [6.07, 6.45) is 7.46. The first-order chi connectivity index (χ1) is 12.0. The number of fused-ring (bicyclic) bond motifs is 5. The lowest BCUT2D eigenvalue weighted by Gasteiger charge is -2.54. The van der Waals surface area contributed by atoms with Crippen molar-refractivity contribution in [2.24, 2.45) is 23.2 Å². The summed E-state index contributed by atoms with van der Waals surface area (Å²) in [6, 6.07) is 6.02. The number of benzene rings is 1. The molecule has 134 valence electrons. The molecule has 0 aromatic heterocycles. The first kappa shape index (κ1) is 17.0. The number of aryl methyl sites for hydroxylation is 1. The van der Waals surface area contributed by atoms with Crippen molar-refractivity contribution in [3.63, 3.8) is 0 Å². The Kier molecular flexibility index (Phi) is 4.32. The number of phenolic OH excluding ortho intramolecular Hbond substituents is 1. The summed E-state index contributed by atoms with van der Waals surface area (Å²) in [5.41, 5.74) is 2.89. The summed E-state index contributed by atoms with van der Waals surface area (Å²) in [5, 5.41) is 20.6. The van der Waals surface area contributed by atoms with Crippen molar-refractivity contribution in [2.45, 2.75) is 70.8 Å². The average molecular weight is 338 g/mol. The van der Waals surface area contributed by atoms with Gasteiger partial charge in [0.15, 0.2) is 0 Å². The zero-order valence-corrected chi connectivity index (χ0v) is 15.5. The van der Waals surface area contributed by atoms with Crippen molar-refractivity contribution < 1.29 is 10.2 Å². The Balaban J connectivity index is 1.73. The molecule has 3 aliphatic rings. The van der Waals surface area contributed by atoms with Crippen LogP contribution < -0.4 is 0 Å². The van der Waals surface area contributed by atoms with Gasteiger partial charge >= 0.3 is 0 Å². The summed E-state index contributed by atoms with van der Waals surface area (Å²) in [7, 11) is 0. The Hall–Kier alpha value is -1.46. The molecule has 1 aromatic rings. The average Bonchev–Trinajstić information content (AvgIpc) is 2.89. The van der Waals surface area contributed by atoms with E-state index in [0.29, 0.717) is 29.4 Å². The molecule has 2 nitrogen and oxygen atoms in total. The molecule has 0 bridgehead atoms. The Morgan fingerprint density at radius 2 is 2.08 bits per heavy atom. The van der Waals surface area contributed by atoms with E-state index in [1.807, 2.05) is 19.1 Å². The summed E-state index contributed by atoms with van der Waals surface area (Å²) in [6.45, 7) is 4.26. The third kappa shape index (κ3) is 2.68. The van der Waals surface area contributed by atoms with E-state index in [0.717, 1.165) is 32.1 Å². The highest BCUT2D eigenvalue weighted by molar-refractivity contribution is 5.40. The summed E-state index contributed by atoms with van der Waals surface area (Å²) in [5.74, 6) is 9.16. The van der Waals surface area contributed by atoms with Crippen LogP contribution >= 0.6 is 0 Å². The lowest BCUT2D eigenvalue weighted by Crippen LogP contribution is -2.47. The Labute approximate surface area is 151 Å². The van der Waals surface area contributed by atoms with Gasteiger partial charge in [-0.05, 0) is 97.8 Å². The monoisotopic (exact) mass is 338 g/mol. The normalized spacial score (nSPS) is 38.9. The first-order valence-corrected chi connectivity index (χ1v) is 9.94. The van der Waals surface area contributed by atoms with Gasteiger partial charge in [0.1, 0.15) is 5.75 Å². The molecule has 0 aliphatic heterocycles. The van der Waals surface area contributed by atoms with E-state index in [9.17, 15) is 10.2 Å². The fraction of sp³-hybridized carbons (Fsp3) is 0.652. The second-order valence-corrected chi connectivity index (χ2v) is 8.75. The Bertz CT molecular complexity index is 713. The van der Waals surface area contributed by atoms with Gasteiger partial charge in [0, 0.05) is 6.42 Å². The first-order valence-electron chi connectivity index (χ1n) is 9.94. The fourth-order valence-corrected chi connectivity index (χ4v) is 6.51. The number of hydrogen-bond donors (Lipinski definition) is 2. The maximum Gasteiger partial charge on any atom is 0.115 e. The van der Waals surface area contributed by atoms with Crippen molar-refractivity contribution in [3.8, 4) is 17.6 Å². The number of hydrogen-bond acceptors (Lipinski definition) is 2. The molecule has 3 unspecified atom stereocenters. The lowest BCUT2D eigenvalue weighted by molar-refractivity contribution is -0.0494. The van der Waals surface area contributed by atoms with E-state index in [1.54, 1.807) is 0 Å². The minimum absolute atomic E-state index is 0.0832. The van der Waals surface area contributed by atoms with Crippen LogP contribution in [0.2, 0.25) is 0 Å². The van der Waals surface area contributed by atoms with Gasteiger partial charge in [0.05, 0.1) is 6.10 Å². The predicted octanol–water partition coefficient (Wildman–Crippen LogP) is 4.64. The predicted molar refractivity (Wildman–Crippen MR) is 100 cm³/mol. The number of aliphatic hydroxyl groups excluding tert-OH is 1. The Morgan fingerprint density at radius 3 is 2.88 bits per heavy atom. The summed E-state index contributed by atoms with van der Waals surface area (Å²) < 4.78 is 0. The van der Waals surface area contributed by atoms with Crippen molar-refractivity contribution in [3.05, 3.63) is 29.3 Å². The third-order valence-electron chi connectivity index (χ3n) is 7.60. The van der Waals surface area contributed by atoms with Crippen molar-refractivity contribution in [1.82, 2.24) is 0 Å². The Morgan fingerprint density at radius 1 is 1.24 bits per heavy atom. The van der Waals surface area contributed by atoms with E-state index in [4.69, 9.17) is 0 Å². The number of phenols is 1. The third-order valence-corrected chi connectivity index (χ3v) is 7.60. The highest BCUT2D eigenvalue weighted by Gasteiger charge is 2.57. The zero-order valence-electron chi connectivity index (χ0n) is 15.5. The molecule has 2 saturated carbocycles. The van der Waals surface area contributed by atoms with Crippen molar-refractivity contribution in [2.75, 3.05) is 0 Å². The van der Waals surface area contributed by atoms with Gasteiger partial charge in [-0.3, -0.25) is 0 Å². The zero-order chi connectivity index (χ0) is 17.6. The van der Waals surface area contributed by atoms with Crippen molar-refractivity contribution in [1.29, 1.82) is 0 Å². The molecule has 25 heavy (non-hydrogen) atoms. The molecule has 0 amide bonds. The van der Waals surface area contributed by atoms with E-state index >= 15 is 0 Å². The van der Waals surface area contributed by atoms with Crippen LogP contribution in [0.4, 0.5) is 0 Å². The second-order valence-electron chi connectivity index (χ2n) is 8.75. The van der Waals surface area contributed by atoms with Crippen LogP contribution in [0.15, 0.2) is 18.2 Å². The molecule has 0 heterocycles. The van der Waals surface area contributed by atoms with Crippen LogP contribution in [-0.4, -0.2) is 16.3 Å². The van der Waals surface area contributed by atoms with Gasteiger partial charge in [-0.1, -0.05) is 13.0 Å². The van der Waals surface area contributed by atoms with Crippen LogP contribution in [0.25, 0.3) is 0 Å². The maximum atomic E-state index is 10.7. The van der Waals surface area contributed by atoms with Crippen LogP contribution in [0.1, 0.15) is 69.4 Å². The smallest absolute Gasteiger partial charge is 0.115 e. The minimum atomic E-state index is -0.139. The molecule has 2 heteroatoms. The SMILES string of the molecule is CC#CCC[C@H]1C[C@@]2(C)C(CC[C@@H]2O)C2CCc3cc(O)ccc3C21. The van der Waals surface area contributed by atoms with Gasteiger partial charge in [0.2, 0.25) is 0 Å². The standard InChI is InChI=1S/C23H30O2/c1-3-4-5-6-16-14-23(2)20(11-12-21(23)25)19-9-7-15-13-17(24)8-10-18(15)22(16)19/h8,10,13,16,19-22,24-25H,5-7,9,11-12,14H2,1-2H3/t16-,19?,20?,21-,22?,23-/m0/s1. The van der Waals surface area contributed by atoms with E-state index in [-0.39, 0.29) is 11.5 Å². The van der Waals surface area contributed by atoms with E-state index in [1.165, 1.54) is 24.0 Å². The quantitative estimate of drug-likeness (QED) is 0.771. The highest BCUT2D eigenvalue weighted by atomic mass is 16.3. The topological polar surface area (TPSA) is 40.5 Å². The molecule has 1 aromatic carbocycles. The van der Waals surface area contributed by atoms with Crippen LogP contribution in [-0.2, 0) is 6.42 Å². The fourth-order valence-electron chi connectivity index (χ4n) is 6.51. The molecular weight excluding hydrogens is 308 g/mol. The summed E-state index contributed by atoms with van der Waals surface area (Å²) >= 11 is 0. The number of rotatable bonds is 2. The van der Waals surface area contributed by atoms with Crippen LogP contribution in [0.5, 0.6) is 5.75 Å². The molecule has 0 spiro atoms. The molecule has 0 saturated heterocycles. The van der Waals surface area contributed by atoms with Gasteiger partial charge < -0.3 is 10.2 Å². The molecule has 6 atom stereocenters. The van der Waals surface area contributed by atoms with Gasteiger partial charge in [0.25, 0.3) is 0 Å². The van der Waals surface area contributed by atoms with Crippen LogP contribution in [0, 0.1) is 35.0 Å². The number of aromatic hydroxyl groups is 1. The minimum Gasteiger partial charge on any atom is -0.508 e. The molecule has 0 radical (unpaired) electrons. The highest BCUT2D eigenvalue weighted by Crippen LogP contribution is 2.63. The van der Waals surface area contributed by atoms with E-state index < -0.39 is 0 Å². The largest absolute Gasteiger partial charge is 0.508 e. The van der Waals surface area contributed by atoms with Gasteiger partial charge in [-0.25, -0.2) is 0 Å². The molecule has 2 fully saturated rings. The van der Waals surface area contributed by atoms with E-state index in [2.05, 4.69) is 24.8 Å². The van der Waals surface area contributed by atoms with Gasteiger partial charge in [-0.15, -0.1) is 11.8 Å². The lowest BCUT2D eigenvalue weighted by atomic mass is 9.51. The van der Waals surface area contributed by atoms with Gasteiger partial charge in [-0.2, -0.15) is 0 Å². The molecule has 3 aliphatic carbocycles. The van der Waals surface area contributed by atoms with Crippen LogP contribution in [0.3, 0.4) is 0 Å². The molecule has 2 N–H and O–H groups in total. The molecular formula is C23H30O2. The second kappa shape index (κ2) is 6.36. The van der Waals surface area contributed by atoms with Crippen molar-refractivity contribution >= 4 is 0 Å².